The molecule has 0 spiro atoms. The summed E-state index contributed by atoms with van der Waals surface area (Å²) >= 11 is 0. The van der Waals surface area contributed by atoms with Crippen LogP contribution in [0.4, 0.5) is 0 Å². The van der Waals surface area contributed by atoms with Crippen molar-refractivity contribution in [2.75, 3.05) is 6.61 Å². The van der Waals surface area contributed by atoms with Crippen molar-refractivity contribution in [3.63, 3.8) is 0 Å². The molecule has 1 rings (SSSR count). The van der Waals surface area contributed by atoms with Crippen LogP contribution in [0.25, 0.3) is 0 Å². The summed E-state index contributed by atoms with van der Waals surface area (Å²) in [5, 5.41) is 21.0. The summed E-state index contributed by atoms with van der Waals surface area (Å²) in [5.74, 6) is 0. The van der Waals surface area contributed by atoms with E-state index in [9.17, 15) is 0 Å². The van der Waals surface area contributed by atoms with Crippen LogP contribution in [-0.2, 0) is 13.0 Å². The van der Waals surface area contributed by atoms with Gasteiger partial charge in [-0.1, -0.05) is 0 Å². The molecule has 4 heteroatoms. The summed E-state index contributed by atoms with van der Waals surface area (Å²) in [5.41, 5.74) is 1.12. The van der Waals surface area contributed by atoms with Crippen LogP contribution in [-0.4, -0.2) is 21.5 Å². The number of aliphatic hydroxyl groups excluding tert-OH is 1. The highest BCUT2D eigenvalue weighted by molar-refractivity contribution is 5.03. The minimum atomic E-state index is 0.212. The van der Waals surface area contributed by atoms with Crippen molar-refractivity contribution in [3.05, 3.63) is 18.0 Å². The molecule has 1 aromatic rings. The van der Waals surface area contributed by atoms with Gasteiger partial charge in [0.2, 0.25) is 0 Å². The van der Waals surface area contributed by atoms with Gasteiger partial charge in [-0.25, -0.2) is 0 Å². The number of aliphatic hydroxyl groups is 1. The van der Waals surface area contributed by atoms with Crippen LogP contribution < -0.4 is 0 Å². The van der Waals surface area contributed by atoms with Gasteiger partial charge < -0.3 is 5.11 Å². The lowest BCUT2D eigenvalue weighted by atomic mass is 10.2. The normalized spacial score (nSPS) is 9.85. The summed E-state index contributed by atoms with van der Waals surface area (Å²) < 4.78 is 1.76. The van der Waals surface area contributed by atoms with E-state index in [-0.39, 0.29) is 6.61 Å². The predicted octanol–water partition coefficient (Wildman–Crippen LogP) is 0.722. The van der Waals surface area contributed by atoms with E-state index in [0.717, 1.165) is 18.4 Å². The molecule has 0 bridgehead atoms. The third-order valence-corrected chi connectivity index (χ3v) is 1.76. The largest absolute Gasteiger partial charge is 0.396 e. The van der Waals surface area contributed by atoms with Gasteiger partial charge in [0.05, 0.1) is 25.2 Å². The molecule has 1 aromatic heterocycles. The Bertz CT molecular complexity index is 287. The molecule has 0 saturated carbocycles. The van der Waals surface area contributed by atoms with Gasteiger partial charge in [0.1, 0.15) is 0 Å². The van der Waals surface area contributed by atoms with E-state index in [2.05, 4.69) is 11.2 Å². The smallest absolute Gasteiger partial charge is 0.0641 e. The summed E-state index contributed by atoms with van der Waals surface area (Å²) in [6, 6.07) is 2.07. The van der Waals surface area contributed by atoms with Crippen LogP contribution in [0.1, 0.15) is 18.4 Å². The number of hydrogen-bond acceptors (Lipinski definition) is 3. The van der Waals surface area contributed by atoms with Crippen molar-refractivity contribution in [2.24, 2.45) is 0 Å². The maximum absolute atomic E-state index is 8.61. The summed E-state index contributed by atoms with van der Waals surface area (Å²) in [7, 11) is 0. The van der Waals surface area contributed by atoms with E-state index < -0.39 is 0 Å². The Morgan fingerprint density at radius 2 is 2.46 bits per heavy atom. The lowest BCUT2D eigenvalue weighted by Crippen LogP contribution is -1.96. The van der Waals surface area contributed by atoms with Crippen LogP contribution in [0.3, 0.4) is 0 Å². The summed E-state index contributed by atoms with van der Waals surface area (Å²) in [6.07, 6.45) is 5.81. The average Bonchev–Trinajstić information content (AvgIpc) is 2.59. The van der Waals surface area contributed by atoms with Crippen LogP contribution in [0.2, 0.25) is 0 Å². The quantitative estimate of drug-likeness (QED) is 0.724. The van der Waals surface area contributed by atoms with Gasteiger partial charge >= 0.3 is 0 Å². The Morgan fingerprint density at radius 1 is 1.62 bits per heavy atom. The molecule has 0 amide bonds. The molecule has 0 radical (unpaired) electrons. The molecular weight excluding hydrogens is 166 g/mol. The molecule has 1 N–H and O–H groups in total. The van der Waals surface area contributed by atoms with Crippen molar-refractivity contribution in [2.45, 2.75) is 25.8 Å². The second-order valence-electron chi connectivity index (χ2n) is 2.85. The highest BCUT2D eigenvalue weighted by Crippen LogP contribution is 2.01. The number of nitriles is 1. The van der Waals surface area contributed by atoms with Crippen molar-refractivity contribution in [1.82, 2.24) is 9.78 Å². The van der Waals surface area contributed by atoms with E-state index in [1.807, 2.05) is 6.20 Å². The third-order valence-electron chi connectivity index (χ3n) is 1.76. The van der Waals surface area contributed by atoms with Gasteiger partial charge in [0.15, 0.2) is 0 Å². The Balaban J connectivity index is 2.40. The van der Waals surface area contributed by atoms with Gasteiger partial charge in [-0.2, -0.15) is 10.4 Å². The molecule has 13 heavy (non-hydrogen) atoms. The molecule has 0 unspecified atom stereocenters. The van der Waals surface area contributed by atoms with Crippen LogP contribution in [0, 0.1) is 11.3 Å². The number of nitrogens with zero attached hydrogens (tertiary/aromatic N) is 3. The molecule has 0 saturated heterocycles. The van der Waals surface area contributed by atoms with Gasteiger partial charge in [-0.3, -0.25) is 4.68 Å². The fourth-order valence-electron chi connectivity index (χ4n) is 1.11. The maximum Gasteiger partial charge on any atom is 0.0641 e. The fraction of sp³-hybridized carbons (Fsp3) is 0.556. The number of rotatable bonds is 5. The Labute approximate surface area is 77.4 Å². The first kappa shape index (κ1) is 9.75. The SMILES string of the molecule is N#CCCn1cc(CCCO)cn1. The first-order valence-electron chi connectivity index (χ1n) is 4.36. The minimum Gasteiger partial charge on any atom is -0.396 e. The zero-order valence-electron chi connectivity index (χ0n) is 7.48. The number of aromatic nitrogens is 2. The highest BCUT2D eigenvalue weighted by atomic mass is 16.2. The lowest BCUT2D eigenvalue weighted by Gasteiger charge is -1.94. The van der Waals surface area contributed by atoms with Gasteiger partial charge in [0, 0.05) is 12.8 Å². The van der Waals surface area contributed by atoms with E-state index in [0.29, 0.717) is 13.0 Å². The van der Waals surface area contributed by atoms with Crippen molar-refractivity contribution >= 4 is 0 Å². The molecular formula is C9H13N3O. The second kappa shape index (κ2) is 5.33. The molecule has 0 aliphatic rings. The van der Waals surface area contributed by atoms with Crippen LogP contribution in [0.15, 0.2) is 12.4 Å². The Morgan fingerprint density at radius 3 is 3.15 bits per heavy atom. The van der Waals surface area contributed by atoms with Gasteiger partial charge in [-0.05, 0) is 18.4 Å². The van der Waals surface area contributed by atoms with E-state index in [4.69, 9.17) is 10.4 Å². The Kier molecular flexibility index (Phi) is 4.00. The van der Waals surface area contributed by atoms with E-state index in [1.165, 1.54) is 0 Å². The van der Waals surface area contributed by atoms with Gasteiger partial charge in [-0.15, -0.1) is 0 Å². The summed E-state index contributed by atoms with van der Waals surface area (Å²) in [4.78, 5) is 0. The topological polar surface area (TPSA) is 61.8 Å². The lowest BCUT2D eigenvalue weighted by molar-refractivity contribution is 0.288. The third kappa shape index (κ3) is 3.26. The first-order chi connectivity index (χ1) is 6.36. The predicted molar refractivity (Wildman–Crippen MR) is 47.9 cm³/mol. The zero-order valence-corrected chi connectivity index (χ0v) is 7.48. The van der Waals surface area contributed by atoms with Crippen molar-refractivity contribution in [1.29, 1.82) is 5.26 Å². The van der Waals surface area contributed by atoms with Gasteiger partial charge in [0.25, 0.3) is 0 Å². The molecule has 1 heterocycles. The van der Waals surface area contributed by atoms with Crippen molar-refractivity contribution < 1.29 is 5.11 Å². The monoisotopic (exact) mass is 179 g/mol. The number of hydrogen-bond donors (Lipinski definition) is 1. The highest BCUT2D eigenvalue weighted by Gasteiger charge is 1.97. The standard InChI is InChI=1S/C9H13N3O/c10-4-2-5-12-8-9(7-11-12)3-1-6-13/h7-8,13H,1-3,5-6H2. The zero-order chi connectivity index (χ0) is 9.52. The number of aryl methyl sites for hydroxylation is 2. The first-order valence-corrected chi connectivity index (χ1v) is 4.36. The second-order valence-corrected chi connectivity index (χ2v) is 2.85. The summed E-state index contributed by atoms with van der Waals surface area (Å²) in [6.45, 7) is 0.860. The molecule has 0 fully saturated rings. The molecule has 4 nitrogen and oxygen atoms in total. The average molecular weight is 179 g/mol. The van der Waals surface area contributed by atoms with Crippen LogP contribution in [0.5, 0.6) is 0 Å². The van der Waals surface area contributed by atoms with Crippen molar-refractivity contribution in [3.8, 4) is 6.07 Å². The molecule has 0 aliphatic carbocycles. The maximum atomic E-state index is 8.61. The molecule has 0 aliphatic heterocycles. The fourth-order valence-corrected chi connectivity index (χ4v) is 1.11. The van der Waals surface area contributed by atoms with E-state index >= 15 is 0 Å². The molecule has 0 atom stereocenters. The molecule has 0 aromatic carbocycles. The van der Waals surface area contributed by atoms with Crippen LogP contribution >= 0.6 is 0 Å². The Hall–Kier alpha value is -1.34. The molecule has 70 valence electrons. The minimum absolute atomic E-state index is 0.212. The van der Waals surface area contributed by atoms with E-state index in [1.54, 1.807) is 10.9 Å².